The molecule has 0 saturated carbocycles. The van der Waals surface area contributed by atoms with Crippen molar-refractivity contribution < 1.29 is 13.6 Å². The summed E-state index contributed by atoms with van der Waals surface area (Å²) in [6, 6.07) is 13.0. The van der Waals surface area contributed by atoms with Crippen LogP contribution in [0.3, 0.4) is 0 Å². The molecule has 0 aliphatic rings. The van der Waals surface area contributed by atoms with E-state index < -0.39 is 8.60 Å². The third-order valence-corrected chi connectivity index (χ3v) is 6.54. The molecule has 1 unspecified atom stereocenters. The lowest BCUT2D eigenvalue weighted by Crippen LogP contribution is -2.14. The van der Waals surface area contributed by atoms with E-state index in [0.29, 0.717) is 11.8 Å². The van der Waals surface area contributed by atoms with Crippen molar-refractivity contribution in [1.29, 1.82) is 0 Å². The second-order valence-corrected chi connectivity index (χ2v) is 13.1. The maximum absolute atomic E-state index is 6.36. The van der Waals surface area contributed by atoms with Gasteiger partial charge in [0.1, 0.15) is 11.5 Å². The first-order valence-corrected chi connectivity index (χ1v) is 13.3. The van der Waals surface area contributed by atoms with Crippen molar-refractivity contribution in [3.8, 4) is 11.5 Å². The molecule has 0 fully saturated rings. The van der Waals surface area contributed by atoms with E-state index >= 15 is 0 Å². The van der Waals surface area contributed by atoms with Gasteiger partial charge in [-0.2, -0.15) is 0 Å². The average molecular weight is 473 g/mol. The molecule has 0 bridgehead atoms. The van der Waals surface area contributed by atoms with Gasteiger partial charge in [0.05, 0.1) is 0 Å². The second kappa shape index (κ2) is 11.2. The summed E-state index contributed by atoms with van der Waals surface area (Å²) in [7, 11) is 0.0744. The number of benzene rings is 2. The summed E-state index contributed by atoms with van der Waals surface area (Å²) >= 11 is 0. The zero-order chi connectivity index (χ0) is 25.0. The van der Waals surface area contributed by atoms with Gasteiger partial charge in [-0.3, -0.25) is 4.52 Å². The van der Waals surface area contributed by atoms with Gasteiger partial charge in [0.15, 0.2) is 0 Å². The molecule has 0 aliphatic heterocycles. The Kier molecular flexibility index (Phi) is 9.42. The fourth-order valence-corrected chi connectivity index (χ4v) is 4.67. The minimum absolute atomic E-state index is 0.0474. The van der Waals surface area contributed by atoms with Crippen molar-refractivity contribution >= 4 is 8.60 Å². The topological polar surface area (TPSA) is 27.7 Å². The molecule has 0 radical (unpaired) electrons. The average Bonchev–Trinajstić information content (AvgIpc) is 2.67. The molecule has 2 aromatic carbocycles. The minimum Gasteiger partial charge on any atom is -0.417 e. The molecule has 0 aromatic heterocycles. The number of rotatable bonds is 9. The maximum atomic E-state index is 6.36. The molecule has 1 atom stereocenters. The highest BCUT2D eigenvalue weighted by Gasteiger charge is 2.25. The Morgan fingerprint density at radius 2 is 1.30 bits per heavy atom. The third-order valence-electron chi connectivity index (χ3n) is 5.55. The molecule has 4 heteroatoms. The standard InChI is InChI=1S/C29H45O3P/c1-20(2)16-22-12-14-27(25(18-22)29(8,9)10)32-33(30-11)31-26-15-13-24(28(5,6)7)19-23(26)17-21(3)4/h12-15,18-21H,16-17H2,1-11H3. The Morgan fingerprint density at radius 1 is 0.727 bits per heavy atom. The Bertz CT molecular complexity index is 904. The summed E-state index contributed by atoms with van der Waals surface area (Å²) in [6.07, 6.45) is 2.00. The molecule has 2 aromatic rings. The number of hydrogen-bond donors (Lipinski definition) is 0. The van der Waals surface area contributed by atoms with Gasteiger partial charge >= 0.3 is 8.60 Å². The summed E-state index contributed by atoms with van der Waals surface area (Å²) in [5, 5.41) is 0. The highest BCUT2D eigenvalue weighted by atomic mass is 31.2. The van der Waals surface area contributed by atoms with Crippen LogP contribution in [0.4, 0.5) is 0 Å². The van der Waals surface area contributed by atoms with E-state index in [1.165, 1.54) is 22.3 Å². The van der Waals surface area contributed by atoms with E-state index in [1.54, 1.807) is 7.11 Å². The molecule has 0 saturated heterocycles. The first-order chi connectivity index (χ1) is 15.2. The van der Waals surface area contributed by atoms with Crippen LogP contribution in [0.1, 0.15) is 91.5 Å². The molecule has 0 heterocycles. The van der Waals surface area contributed by atoms with E-state index in [-0.39, 0.29) is 10.8 Å². The molecule has 3 nitrogen and oxygen atoms in total. The Hall–Kier alpha value is -1.57. The summed E-state index contributed by atoms with van der Waals surface area (Å²) in [4.78, 5) is 0. The van der Waals surface area contributed by atoms with Crippen molar-refractivity contribution in [2.45, 2.75) is 92.9 Å². The van der Waals surface area contributed by atoms with E-state index in [0.717, 1.165) is 24.3 Å². The summed E-state index contributed by atoms with van der Waals surface area (Å²) < 4.78 is 18.4. The van der Waals surface area contributed by atoms with E-state index in [2.05, 4.69) is 106 Å². The lowest BCUT2D eigenvalue weighted by Gasteiger charge is -2.26. The van der Waals surface area contributed by atoms with E-state index in [9.17, 15) is 0 Å². The summed E-state index contributed by atoms with van der Waals surface area (Å²) in [6.45, 7) is 22.3. The van der Waals surface area contributed by atoms with Gasteiger partial charge < -0.3 is 9.05 Å². The molecule has 33 heavy (non-hydrogen) atoms. The highest BCUT2D eigenvalue weighted by Crippen LogP contribution is 2.45. The monoisotopic (exact) mass is 472 g/mol. The van der Waals surface area contributed by atoms with Crippen LogP contribution in [0, 0.1) is 11.8 Å². The van der Waals surface area contributed by atoms with Gasteiger partial charge in [-0.15, -0.1) is 0 Å². The molecular formula is C29H45O3P. The van der Waals surface area contributed by atoms with E-state index in [1.807, 2.05) is 0 Å². The van der Waals surface area contributed by atoms with Crippen molar-refractivity contribution in [2.24, 2.45) is 11.8 Å². The summed E-state index contributed by atoms with van der Waals surface area (Å²) in [5.41, 5.74) is 5.07. The Labute approximate surface area is 204 Å². The molecule has 0 N–H and O–H groups in total. The normalized spacial score (nSPS) is 13.5. The van der Waals surface area contributed by atoms with Crippen molar-refractivity contribution in [3.63, 3.8) is 0 Å². The van der Waals surface area contributed by atoms with Crippen molar-refractivity contribution in [2.75, 3.05) is 7.11 Å². The number of hydrogen-bond acceptors (Lipinski definition) is 3. The molecular weight excluding hydrogens is 427 g/mol. The van der Waals surface area contributed by atoms with Crippen LogP contribution in [-0.4, -0.2) is 7.11 Å². The first-order valence-electron chi connectivity index (χ1n) is 12.2. The van der Waals surface area contributed by atoms with Gasteiger partial charge in [0.2, 0.25) is 0 Å². The van der Waals surface area contributed by atoms with Crippen LogP contribution < -0.4 is 9.05 Å². The zero-order valence-corrected chi connectivity index (χ0v) is 23.6. The molecule has 2 rings (SSSR count). The van der Waals surface area contributed by atoms with E-state index in [4.69, 9.17) is 13.6 Å². The quantitative estimate of drug-likeness (QED) is 0.341. The first kappa shape index (κ1) is 27.7. The highest BCUT2D eigenvalue weighted by molar-refractivity contribution is 7.42. The van der Waals surface area contributed by atoms with Crippen LogP contribution in [0.2, 0.25) is 0 Å². The minimum atomic E-state index is -1.58. The van der Waals surface area contributed by atoms with Crippen molar-refractivity contribution in [1.82, 2.24) is 0 Å². The smallest absolute Gasteiger partial charge is 0.417 e. The third kappa shape index (κ3) is 8.30. The van der Waals surface area contributed by atoms with Gasteiger partial charge in [0.25, 0.3) is 0 Å². The van der Waals surface area contributed by atoms with Crippen LogP contribution >= 0.6 is 8.60 Å². The van der Waals surface area contributed by atoms with Crippen molar-refractivity contribution in [3.05, 3.63) is 58.7 Å². The van der Waals surface area contributed by atoms with Gasteiger partial charge in [-0.1, -0.05) is 93.5 Å². The predicted octanol–water partition coefficient (Wildman–Crippen LogP) is 9.01. The zero-order valence-electron chi connectivity index (χ0n) is 22.7. The van der Waals surface area contributed by atoms with Gasteiger partial charge in [-0.25, -0.2) is 0 Å². The van der Waals surface area contributed by atoms with Crippen LogP contribution in [-0.2, 0) is 28.2 Å². The lowest BCUT2D eigenvalue weighted by atomic mass is 9.84. The van der Waals surface area contributed by atoms with Crippen LogP contribution in [0.25, 0.3) is 0 Å². The van der Waals surface area contributed by atoms with Gasteiger partial charge in [0, 0.05) is 12.7 Å². The Morgan fingerprint density at radius 3 is 1.82 bits per heavy atom. The lowest BCUT2D eigenvalue weighted by molar-refractivity contribution is 0.319. The fourth-order valence-electron chi connectivity index (χ4n) is 3.83. The second-order valence-electron chi connectivity index (χ2n) is 11.9. The predicted molar refractivity (Wildman–Crippen MR) is 143 cm³/mol. The SMILES string of the molecule is COP(Oc1ccc(C(C)(C)C)cc1CC(C)C)Oc1ccc(CC(C)C)cc1C(C)(C)C. The molecule has 184 valence electrons. The molecule has 0 spiro atoms. The van der Waals surface area contributed by atoms with Crippen LogP contribution in [0.15, 0.2) is 36.4 Å². The summed E-state index contributed by atoms with van der Waals surface area (Å²) in [5.74, 6) is 2.82. The molecule has 0 amide bonds. The maximum Gasteiger partial charge on any atom is 0.462 e. The fraction of sp³-hybridized carbons (Fsp3) is 0.586. The largest absolute Gasteiger partial charge is 0.462 e. The Balaban J connectivity index is 2.35. The van der Waals surface area contributed by atoms with Crippen LogP contribution in [0.5, 0.6) is 11.5 Å². The van der Waals surface area contributed by atoms with Gasteiger partial charge in [-0.05, 0) is 64.3 Å². The molecule has 0 aliphatic carbocycles.